The fourth-order valence-electron chi connectivity index (χ4n) is 2.54. The van der Waals surface area contributed by atoms with Gasteiger partial charge in [-0.2, -0.15) is 35.9 Å². The van der Waals surface area contributed by atoms with Crippen LogP contribution in [0.2, 0.25) is 5.02 Å². The van der Waals surface area contributed by atoms with Crippen LogP contribution in [0.1, 0.15) is 11.1 Å². The molecule has 0 radical (unpaired) electrons. The zero-order chi connectivity index (χ0) is 15.6. The summed E-state index contributed by atoms with van der Waals surface area (Å²) >= 11 is 5.95. The van der Waals surface area contributed by atoms with Crippen LogP contribution in [-0.4, -0.2) is 27.4 Å². The van der Waals surface area contributed by atoms with Gasteiger partial charge in [-0.3, -0.25) is 0 Å². The van der Waals surface area contributed by atoms with Crippen molar-refractivity contribution < 1.29 is 37.8 Å². The van der Waals surface area contributed by atoms with Crippen molar-refractivity contribution in [1.82, 2.24) is 0 Å². The van der Waals surface area contributed by atoms with E-state index in [2.05, 4.69) is 6.07 Å². The SMILES string of the molecule is COc1ccc(C2(c3[c-]cc(Cl)cc3)OCCO2)cc1OC.[Li+]. The molecule has 1 saturated heterocycles. The van der Waals surface area contributed by atoms with E-state index in [-0.39, 0.29) is 18.9 Å². The fraction of sp³-hybridized carbons (Fsp3) is 0.294. The Labute approximate surface area is 152 Å². The van der Waals surface area contributed by atoms with Crippen molar-refractivity contribution in [2.75, 3.05) is 27.4 Å². The average molecular weight is 327 g/mol. The number of hydrogen-bond acceptors (Lipinski definition) is 4. The van der Waals surface area contributed by atoms with Gasteiger partial charge in [-0.15, -0.1) is 0 Å². The monoisotopic (exact) mass is 326 g/mol. The summed E-state index contributed by atoms with van der Waals surface area (Å²) in [5.41, 5.74) is 1.59. The minimum absolute atomic E-state index is 0. The molecular weight excluding hydrogens is 311 g/mol. The molecule has 0 spiro atoms. The summed E-state index contributed by atoms with van der Waals surface area (Å²) < 4.78 is 22.5. The predicted octanol–water partition coefficient (Wildman–Crippen LogP) is 0.409. The average Bonchev–Trinajstić information content (AvgIpc) is 3.05. The van der Waals surface area contributed by atoms with Gasteiger partial charge in [0.2, 0.25) is 0 Å². The molecule has 1 aliphatic heterocycles. The molecule has 0 unspecified atom stereocenters. The van der Waals surface area contributed by atoms with E-state index in [9.17, 15) is 0 Å². The summed E-state index contributed by atoms with van der Waals surface area (Å²) in [7, 11) is 3.20. The van der Waals surface area contributed by atoms with Gasteiger partial charge >= 0.3 is 18.9 Å². The number of halogens is 1. The smallest absolute Gasteiger partial charge is 0.493 e. The van der Waals surface area contributed by atoms with Crippen LogP contribution < -0.4 is 28.3 Å². The zero-order valence-electron chi connectivity index (χ0n) is 13.4. The van der Waals surface area contributed by atoms with Gasteiger partial charge in [-0.05, 0) is 18.2 Å². The molecule has 2 aromatic carbocycles. The van der Waals surface area contributed by atoms with Gasteiger partial charge in [0.1, 0.15) is 0 Å². The maximum atomic E-state index is 5.95. The standard InChI is InChI=1S/C17H16ClO4.Li/c1-19-15-8-5-13(11-16(15)20-2)17(21-9-10-22-17)12-3-6-14(18)7-4-12;/h3,5-8,11H,9-10H2,1-2H3;/q-1;+1. The van der Waals surface area contributed by atoms with E-state index in [1.54, 1.807) is 26.4 Å². The van der Waals surface area contributed by atoms with Crippen molar-refractivity contribution in [3.8, 4) is 11.5 Å². The number of rotatable bonds is 4. The Kier molecular flexibility index (Phi) is 6.02. The molecule has 23 heavy (non-hydrogen) atoms. The molecule has 1 fully saturated rings. The molecule has 0 amide bonds. The van der Waals surface area contributed by atoms with Crippen LogP contribution in [-0.2, 0) is 15.3 Å². The molecule has 1 heterocycles. The third kappa shape index (κ3) is 3.37. The Bertz CT molecular complexity index is 654. The van der Waals surface area contributed by atoms with E-state index in [0.717, 1.165) is 11.1 Å². The Morgan fingerprint density at radius 1 is 1.04 bits per heavy atom. The molecule has 6 heteroatoms. The summed E-state index contributed by atoms with van der Waals surface area (Å²) in [5.74, 6) is 0.274. The van der Waals surface area contributed by atoms with E-state index in [0.29, 0.717) is 29.7 Å². The Morgan fingerprint density at radius 2 is 1.74 bits per heavy atom. The van der Waals surface area contributed by atoms with Crippen LogP contribution >= 0.6 is 11.6 Å². The molecule has 4 nitrogen and oxygen atoms in total. The molecule has 0 aliphatic carbocycles. The zero-order valence-corrected chi connectivity index (χ0v) is 14.1. The van der Waals surface area contributed by atoms with E-state index in [4.69, 9.17) is 30.5 Å². The Hall–Kier alpha value is -1.15. The molecule has 0 N–H and O–H groups in total. The van der Waals surface area contributed by atoms with E-state index >= 15 is 0 Å². The van der Waals surface area contributed by atoms with Gasteiger partial charge in [0.25, 0.3) is 0 Å². The molecular formula is C17H16ClLiO4. The third-order valence-electron chi connectivity index (χ3n) is 3.59. The van der Waals surface area contributed by atoms with Gasteiger partial charge in [0.15, 0.2) is 17.3 Å². The quantitative estimate of drug-likeness (QED) is 0.602. The van der Waals surface area contributed by atoms with Gasteiger partial charge in [-0.1, -0.05) is 10.6 Å². The molecule has 1 aliphatic rings. The summed E-state index contributed by atoms with van der Waals surface area (Å²) in [4.78, 5) is 0. The first kappa shape index (κ1) is 18.2. The first-order valence-electron chi connectivity index (χ1n) is 6.88. The largest absolute Gasteiger partial charge is 1.00 e. The molecule has 0 atom stereocenters. The minimum Gasteiger partial charge on any atom is -0.493 e. The summed E-state index contributed by atoms with van der Waals surface area (Å²) in [6.45, 7) is 1.01. The first-order chi connectivity index (χ1) is 10.7. The number of methoxy groups -OCH3 is 2. The predicted molar refractivity (Wildman–Crippen MR) is 82.5 cm³/mol. The summed E-state index contributed by atoms with van der Waals surface area (Å²) in [6.07, 6.45) is 0. The van der Waals surface area contributed by atoms with Crippen molar-refractivity contribution in [3.05, 3.63) is 58.6 Å². The topological polar surface area (TPSA) is 36.9 Å². The minimum atomic E-state index is -0.996. The van der Waals surface area contributed by atoms with Crippen molar-refractivity contribution in [2.24, 2.45) is 0 Å². The molecule has 3 rings (SSSR count). The van der Waals surface area contributed by atoms with E-state index in [1.165, 1.54) is 0 Å². The molecule has 0 aromatic heterocycles. The van der Waals surface area contributed by atoms with Crippen molar-refractivity contribution >= 4 is 11.6 Å². The van der Waals surface area contributed by atoms with Crippen LogP contribution in [0.4, 0.5) is 0 Å². The summed E-state index contributed by atoms with van der Waals surface area (Å²) in [6, 6.07) is 14.1. The molecule has 2 aromatic rings. The van der Waals surface area contributed by atoms with Crippen molar-refractivity contribution in [3.63, 3.8) is 0 Å². The maximum absolute atomic E-state index is 5.95. The van der Waals surface area contributed by atoms with Crippen LogP contribution in [0.3, 0.4) is 0 Å². The Morgan fingerprint density at radius 3 is 2.30 bits per heavy atom. The van der Waals surface area contributed by atoms with Gasteiger partial charge in [-0.25, -0.2) is 0 Å². The van der Waals surface area contributed by atoms with Crippen molar-refractivity contribution in [1.29, 1.82) is 0 Å². The second-order valence-electron chi connectivity index (χ2n) is 4.80. The number of ether oxygens (including phenoxy) is 4. The van der Waals surface area contributed by atoms with Crippen LogP contribution in [0.25, 0.3) is 0 Å². The van der Waals surface area contributed by atoms with E-state index < -0.39 is 5.79 Å². The fourth-order valence-corrected chi connectivity index (χ4v) is 2.66. The van der Waals surface area contributed by atoms with Gasteiger partial charge < -0.3 is 18.9 Å². The van der Waals surface area contributed by atoms with E-state index in [1.807, 2.05) is 24.3 Å². The number of benzene rings is 2. The van der Waals surface area contributed by atoms with Crippen LogP contribution in [0.15, 0.2) is 36.4 Å². The van der Waals surface area contributed by atoms with Gasteiger partial charge in [0.05, 0.1) is 27.4 Å². The molecule has 0 bridgehead atoms. The van der Waals surface area contributed by atoms with Crippen molar-refractivity contribution in [2.45, 2.75) is 5.79 Å². The second kappa shape index (κ2) is 7.61. The summed E-state index contributed by atoms with van der Waals surface area (Å²) in [5, 5.41) is 0.615. The molecule has 0 saturated carbocycles. The van der Waals surface area contributed by atoms with Gasteiger partial charge in [0, 0.05) is 5.56 Å². The molecule has 116 valence electrons. The number of hydrogen-bond donors (Lipinski definition) is 0. The maximum Gasteiger partial charge on any atom is 1.00 e. The third-order valence-corrected chi connectivity index (χ3v) is 3.82. The second-order valence-corrected chi connectivity index (χ2v) is 5.24. The van der Waals surface area contributed by atoms with Crippen LogP contribution in [0, 0.1) is 6.07 Å². The van der Waals surface area contributed by atoms with Crippen LogP contribution in [0.5, 0.6) is 11.5 Å². The normalized spacial score (nSPS) is 15.8. The Balaban J connectivity index is 0.00000192. The first-order valence-corrected chi connectivity index (χ1v) is 7.25.